The van der Waals surface area contributed by atoms with E-state index in [1.807, 2.05) is 0 Å². The molecule has 0 radical (unpaired) electrons. The maximum atomic E-state index is 11.8. The Balaban J connectivity index is 3.62. The summed E-state index contributed by atoms with van der Waals surface area (Å²) in [4.78, 5) is 11.2. The van der Waals surface area contributed by atoms with Crippen molar-refractivity contribution < 1.29 is 18.0 Å². The Bertz CT molecular complexity index is 258. The molecule has 3 nitrogen and oxygen atoms in total. The van der Waals surface area contributed by atoms with E-state index < -0.39 is 18.6 Å². The lowest BCUT2D eigenvalue weighted by molar-refractivity contribution is -0.135. The van der Waals surface area contributed by atoms with E-state index in [1.54, 1.807) is 6.92 Å². The van der Waals surface area contributed by atoms with Crippen LogP contribution in [0.5, 0.6) is 0 Å². The van der Waals surface area contributed by atoms with Gasteiger partial charge in [0.1, 0.15) is 0 Å². The predicted octanol–water partition coefficient (Wildman–Crippen LogP) is 1.06. The first kappa shape index (κ1) is 14.8. The minimum atomic E-state index is -4.14. The topological polar surface area (TPSA) is 41.1 Å². The predicted molar refractivity (Wildman–Crippen MR) is 54.6 cm³/mol. The first-order valence-corrected chi connectivity index (χ1v) is 4.88. The van der Waals surface area contributed by atoms with Crippen molar-refractivity contribution in [3.8, 4) is 12.3 Å². The van der Waals surface area contributed by atoms with Gasteiger partial charge < -0.3 is 10.6 Å². The SMILES string of the molecule is C#CCNC(=O)C(C)NCCCC(F)(F)F. The minimum Gasteiger partial charge on any atom is -0.344 e. The van der Waals surface area contributed by atoms with Crippen molar-refractivity contribution in [1.29, 1.82) is 0 Å². The quantitative estimate of drug-likeness (QED) is 0.534. The number of carbonyl (C=O) groups excluding carboxylic acids is 1. The van der Waals surface area contributed by atoms with Crippen LogP contribution in [-0.4, -0.2) is 31.2 Å². The van der Waals surface area contributed by atoms with Crippen molar-refractivity contribution in [2.24, 2.45) is 0 Å². The Labute approximate surface area is 92.8 Å². The second-order valence-electron chi connectivity index (χ2n) is 3.32. The minimum absolute atomic E-state index is 0.0454. The van der Waals surface area contributed by atoms with Crippen LogP contribution in [0.25, 0.3) is 0 Å². The molecule has 1 unspecified atom stereocenters. The number of rotatable bonds is 6. The molecule has 0 aliphatic heterocycles. The van der Waals surface area contributed by atoms with E-state index in [2.05, 4.69) is 16.6 Å². The summed E-state index contributed by atoms with van der Waals surface area (Å²) >= 11 is 0. The number of amides is 1. The zero-order valence-corrected chi connectivity index (χ0v) is 9.03. The largest absolute Gasteiger partial charge is 0.389 e. The number of hydrogen-bond acceptors (Lipinski definition) is 2. The molecule has 0 bridgehead atoms. The fourth-order valence-corrected chi connectivity index (χ4v) is 0.991. The summed E-state index contributed by atoms with van der Waals surface area (Å²) in [7, 11) is 0. The number of halogens is 3. The van der Waals surface area contributed by atoms with Crippen LogP contribution < -0.4 is 10.6 Å². The summed E-state index contributed by atoms with van der Waals surface area (Å²) in [5.74, 6) is 1.92. The summed E-state index contributed by atoms with van der Waals surface area (Å²) in [5.41, 5.74) is 0. The van der Waals surface area contributed by atoms with Gasteiger partial charge in [-0.2, -0.15) is 13.2 Å². The summed E-state index contributed by atoms with van der Waals surface area (Å²) < 4.78 is 35.3. The number of alkyl halides is 3. The van der Waals surface area contributed by atoms with Crippen molar-refractivity contribution in [3.63, 3.8) is 0 Å². The Morgan fingerprint density at radius 1 is 1.50 bits per heavy atom. The van der Waals surface area contributed by atoms with E-state index in [0.29, 0.717) is 0 Å². The van der Waals surface area contributed by atoms with Crippen molar-refractivity contribution >= 4 is 5.91 Å². The van der Waals surface area contributed by atoms with E-state index in [-0.39, 0.29) is 25.4 Å². The molecule has 0 saturated heterocycles. The van der Waals surface area contributed by atoms with Gasteiger partial charge in [-0.25, -0.2) is 0 Å². The third kappa shape index (κ3) is 8.12. The third-order valence-corrected chi connectivity index (χ3v) is 1.85. The van der Waals surface area contributed by atoms with Crippen molar-refractivity contribution in [3.05, 3.63) is 0 Å². The van der Waals surface area contributed by atoms with Crippen LogP contribution >= 0.6 is 0 Å². The molecule has 0 heterocycles. The Kier molecular flexibility index (Phi) is 6.58. The molecule has 0 spiro atoms. The molecule has 0 aromatic rings. The highest BCUT2D eigenvalue weighted by atomic mass is 19.4. The molecule has 0 aliphatic rings. The molecular formula is C10H15F3N2O. The first-order valence-electron chi connectivity index (χ1n) is 4.88. The van der Waals surface area contributed by atoms with Gasteiger partial charge in [-0.05, 0) is 19.9 Å². The van der Waals surface area contributed by atoms with Gasteiger partial charge in [0, 0.05) is 6.42 Å². The average molecular weight is 236 g/mol. The number of carbonyl (C=O) groups is 1. The zero-order chi connectivity index (χ0) is 12.6. The Hall–Kier alpha value is -1.22. The fraction of sp³-hybridized carbons (Fsp3) is 0.700. The van der Waals surface area contributed by atoms with Gasteiger partial charge >= 0.3 is 6.18 Å². The van der Waals surface area contributed by atoms with E-state index >= 15 is 0 Å². The van der Waals surface area contributed by atoms with Gasteiger partial charge in [0.05, 0.1) is 12.6 Å². The molecule has 0 rings (SSSR count). The smallest absolute Gasteiger partial charge is 0.344 e. The van der Waals surface area contributed by atoms with Gasteiger partial charge in [-0.1, -0.05) is 5.92 Å². The van der Waals surface area contributed by atoms with Gasteiger partial charge in [-0.3, -0.25) is 4.79 Å². The monoisotopic (exact) mass is 236 g/mol. The number of nitrogens with one attached hydrogen (secondary N) is 2. The molecular weight excluding hydrogens is 221 g/mol. The molecule has 1 atom stereocenters. The van der Waals surface area contributed by atoms with E-state index in [1.165, 1.54) is 0 Å². The van der Waals surface area contributed by atoms with Crippen LogP contribution in [0, 0.1) is 12.3 Å². The van der Waals surface area contributed by atoms with Crippen LogP contribution in [0.3, 0.4) is 0 Å². The maximum absolute atomic E-state index is 11.8. The fourth-order valence-electron chi connectivity index (χ4n) is 0.991. The molecule has 6 heteroatoms. The zero-order valence-electron chi connectivity index (χ0n) is 9.03. The molecule has 16 heavy (non-hydrogen) atoms. The molecule has 0 aromatic heterocycles. The summed E-state index contributed by atoms with van der Waals surface area (Å²) in [6.45, 7) is 1.83. The molecule has 0 saturated carbocycles. The number of hydrogen-bond donors (Lipinski definition) is 2. The van der Waals surface area contributed by atoms with E-state index in [4.69, 9.17) is 6.42 Å². The van der Waals surface area contributed by atoms with Gasteiger partial charge in [-0.15, -0.1) is 6.42 Å². The van der Waals surface area contributed by atoms with Gasteiger partial charge in [0.2, 0.25) is 5.91 Å². The Morgan fingerprint density at radius 2 is 2.12 bits per heavy atom. The van der Waals surface area contributed by atoms with Crippen molar-refractivity contribution in [2.45, 2.75) is 32.0 Å². The molecule has 92 valence electrons. The van der Waals surface area contributed by atoms with Crippen molar-refractivity contribution in [1.82, 2.24) is 10.6 Å². The van der Waals surface area contributed by atoms with E-state index in [9.17, 15) is 18.0 Å². The number of terminal acetylenes is 1. The van der Waals surface area contributed by atoms with Crippen LogP contribution in [0.4, 0.5) is 13.2 Å². The lowest BCUT2D eigenvalue weighted by Crippen LogP contribution is -2.42. The second-order valence-corrected chi connectivity index (χ2v) is 3.32. The first-order chi connectivity index (χ1) is 7.37. The van der Waals surface area contributed by atoms with Crippen molar-refractivity contribution in [2.75, 3.05) is 13.1 Å². The lowest BCUT2D eigenvalue weighted by Gasteiger charge is -2.13. The molecule has 2 N–H and O–H groups in total. The second kappa shape index (κ2) is 7.12. The molecule has 0 aliphatic carbocycles. The third-order valence-electron chi connectivity index (χ3n) is 1.85. The standard InChI is InChI=1S/C10H15F3N2O/c1-3-6-15-9(16)8(2)14-7-4-5-10(11,12)13/h1,8,14H,4-7H2,2H3,(H,15,16). The average Bonchev–Trinajstić information content (AvgIpc) is 2.19. The normalized spacial score (nSPS) is 12.9. The van der Waals surface area contributed by atoms with Crippen LogP contribution in [-0.2, 0) is 4.79 Å². The lowest BCUT2D eigenvalue weighted by atomic mass is 10.2. The molecule has 0 fully saturated rings. The summed E-state index contributed by atoms with van der Waals surface area (Å²) in [5, 5.41) is 5.11. The van der Waals surface area contributed by atoms with Crippen LogP contribution in [0.15, 0.2) is 0 Å². The van der Waals surface area contributed by atoms with Crippen LogP contribution in [0.1, 0.15) is 19.8 Å². The van der Waals surface area contributed by atoms with Gasteiger partial charge in [0.15, 0.2) is 0 Å². The van der Waals surface area contributed by atoms with Crippen LogP contribution in [0.2, 0.25) is 0 Å². The molecule has 0 aromatic carbocycles. The highest BCUT2D eigenvalue weighted by molar-refractivity contribution is 5.81. The summed E-state index contributed by atoms with van der Waals surface area (Å²) in [6, 6.07) is -0.540. The Morgan fingerprint density at radius 3 is 2.62 bits per heavy atom. The van der Waals surface area contributed by atoms with Gasteiger partial charge in [0.25, 0.3) is 0 Å². The maximum Gasteiger partial charge on any atom is 0.389 e. The highest BCUT2D eigenvalue weighted by Crippen LogP contribution is 2.20. The highest BCUT2D eigenvalue weighted by Gasteiger charge is 2.26. The summed E-state index contributed by atoms with van der Waals surface area (Å²) in [6.07, 6.45) is -0.0998. The molecule has 1 amide bonds. The van der Waals surface area contributed by atoms with E-state index in [0.717, 1.165) is 0 Å².